The molecule has 2 saturated heterocycles. The van der Waals surface area contributed by atoms with Crippen molar-refractivity contribution in [2.45, 2.75) is 45.1 Å². The first-order valence-electron chi connectivity index (χ1n) is 9.34. The average molecular weight is 395 g/mol. The Hall–Kier alpha value is -2.03. The number of ether oxygens (including phenoxy) is 1. The summed E-state index contributed by atoms with van der Waals surface area (Å²) in [5, 5.41) is 3.40. The van der Waals surface area contributed by atoms with Gasteiger partial charge in [0.2, 0.25) is 5.91 Å². The van der Waals surface area contributed by atoms with Gasteiger partial charge in [-0.1, -0.05) is 31.5 Å². The molecule has 2 aliphatic heterocycles. The lowest BCUT2D eigenvalue weighted by atomic mass is 9.73. The maximum Gasteiger partial charge on any atom is 0.333 e. The smallest absolute Gasteiger partial charge is 0.333 e. The van der Waals surface area contributed by atoms with E-state index in [9.17, 15) is 19.2 Å². The molecule has 1 saturated carbocycles. The minimum atomic E-state index is -0.803. The van der Waals surface area contributed by atoms with Crippen LogP contribution in [-0.4, -0.2) is 64.6 Å². The van der Waals surface area contributed by atoms with Gasteiger partial charge in [0.15, 0.2) is 0 Å². The molecule has 3 rings (SSSR count). The van der Waals surface area contributed by atoms with Crippen molar-refractivity contribution < 1.29 is 23.9 Å². The molecule has 3 fully saturated rings. The Labute approximate surface area is 162 Å². The minimum Gasteiger partial charge on any atom is -0.463 e. The first kappa shape index (κ1) is 19.7. The fraction of sp³-hybridized carbons (Fsp3) is 0.667. The number of nitrogens with one attached hydrogen (secondary N) is 1. The maximum atomic E-state index is 13.0. The quantitative estimate of drug-likeness (QED) is 0.430. The van der Waals surface area contributed by atoms with Crippen LogP contribution in [0.25, 0.3) is 0 Å². The van der Waals surface area contributed by atoms with Gasteiger partial charge in [-0.05, 0) is 25.7 Å². The second-order valence-corrected chi connectivity index (χ2v) is 8.07. The van der Waals surface area contributed by atoms with Crippen molar-refractivity contribution in [1.29, 1.82) is 0 Å². The number of esters is 1. The van der Waals surface area contributed by atoms with Crippen molar-refractivity contribution in [3.05, 3.63) is 11.1 Å². The van der Waals surface area contributed by atoms with E-state index < -0.39 is 17.5 Å². The first-order chi connectivity index (χ1) is 12.9. The lowest BCUT2D eigenvalue weighted by Crippen LogP contribution is -2.54. The highest BCUT2D eigenvalue weighted by Crippen LogP contribution is 2.38. The molecule has 1 aliphatic carbocycles. The second kappa shape index (κ2) is 7.92. The number of urea groups is 1. The zero-order valence-electron chi connectivity index (χ0n) is 15.7. The van der Waals surface area contributed by atoms with Crippen LogP contribution in [0, 0.1) is 5.92 Å². The van der Waals surface area contributed by atoms with Gasteiger partial charge in [0.1, 0.15) is 5.54 Å². The maximum absolute atomic E-state index is 13.0. The molecule has 0 aromatic rings. The molecule has 2 atom stereocenters. The third-order valence-corrected chi connectivity index (χ3v) is 6.51. The summed E-state index contributed by atoms with van der Waals surface area (Å²) < 4.78 is 4.89. The van der Waals surface area contributed by atoms with Gasteiger partial charge in [-0.25, -0.2) is 9.59 Å². The predicted octanol–water partition coefficient (Wildman–Crippen LogP) is 1.47. The van der Waals surface area contributed by atoms with Gasteiger partial charge < -0.3 is 15.0 Å². The molecule has 0 bridgehead atoms. The van der Waals surface area contributed by atoms with Crippen molar-refractivity contribution in [2.24, 2.45) is 5.92 Å². The fourth-order valence-electron chi connectivity index (χ4n) is 3.95. The highest BCUT2D eigenvalue weighted by atomic mass is 32.2. The van der Waals surface area contributed by atoms with Crippen LogP contribution in [0.1, 0.15) is 39.5 Å². The average Bonchev–Trinajstić information content (AvgIpc) is 3.08. The van der Waals surface area contributed by atoms with E-state index in [0.29, 0.717) is 11.4 Å². The number of hydrogen-bond donors (Lipinski definition) is 1. The van der Waals surface area contributed by atoms with Crippen molar-refractivity contribution in [1.82, 2.24) is 15.1 Å². The van der Waals surface area contributed by atoms with Gasteiger partial charge in [-0.15, -0.1) is 0 Å². The molecular formula is C18H25N3O5S. The topological polar surface area (TPSA) is 96.0 Å². The zero-order chi connectivity index (χ0) is 19.6. The van der Waals surface area contributed by atoms with E-state index in [4.69, 9.17) is 4.74 Å². The number of hydrogen-bond acceptors (Lipinski definition) is 6. The summed E-state index contributed by atoms with van der Waals surface area (Å²) in [5.41, 5.74) is -0.803. The number of rotatable bonds is 5. The van der Waals surface area contributed by atoms with E-state index in [1.165, 1.54) is 27.6 Å². The number of carbonyl (C=O) groups excluding carboxylic acids is 4. The number of amides is 4. The van der Waals surface area contributed by atoms with E-state index in [1.54, 1.807) is 6.92 Å². The van der Waals surface area contributed by atoms with Crippen molar-refractivity contribution in [2.75, 3.05) is 25.4 Å². The van der Waals surface area contributed by atoms with Crippen LogP contribution in [0.4, 0.5) is 4.79 Å². The standard InChI is InChI=1S/C18H25N3O5S/c1-3-26-15(23)10-14-20(13(22)11-27-14)8-9-21-16(24)18(19-17(21)25)7-5-4-6-12(18)2/h10,12H,3-9,11H2,1-2H3,(H,19,25)/b14-10-/t12-,18+/m1/s1. The van der Waals surface area contributed by atoms with Crippen LogP contribution >= 0.6 is 11.8 Å². The number of nitrogens with zero attached hydrogens (tertiary/aromatic N) is 2. The van der Waals surface area contributed by atoms with E-state index in [2.05, 4.69) is 5.32 Å². The Morgan fingerprint density at radius 3 is 2.74 bits per heavy atom. The van der Waals surface area contributed by atoms with Gasteiger partial charge in [0.05, 0.1) is 23.5 Å². The van der Waals surface area contributed by atoms with Gasteiger partial charge in [0.25, 0.3) is 5.91 Å². The second-order valence-electron chi connectivity index (χ2n) is 7.07. The summed E-state index contributed by atoms with van der Waals surface area (Å²) in [7, 11) is 0. The van der Waals surface area contributed by atoms with E-state index in [-0.39, 0.29) is 43.2 Å². The monoisotopic (exact) mass is 395 g/mol. The van der Waals surface area contributed by atoms with E-state index in [1.807, 2.05) is 6.92 Å². The molecular weight excluding hydrogens is 370 g/mol. The Bertz CT molecular complexity index is 694. The Kier molecular flexibility index (Phi) is 5.78. The minimum absolute atomic E-state index is 0.0935. The molecule has 0 aromatic carbocycles. The SMILES string of the molecule is CCOC(=O)/C=C1\SCC(=O)N1CCN1C(=O)N[C@]2(CCCC[C@H]2C)C1=O. The lowest BCUT2D eigenvalue weighted by molar-refractivity contribution is -0.137. The summed E-state index contributed by atoms with van der Waals surface area (Å²) in [6.45, 7) is 4.23. The Balaban J connectivity index is 1.68. The van der Waals surface area contributed by atoms with Gasteiger partial charge in [-0.2, -0.15) is 0 Å². The van der Waals surface area contributed by atoms with Crippen molar-refractivity contribution in [3.8, 4) is 0 Å². The van der Waals surface area contributed by atoms with E-state index in [0.717, 1.165) is 19.3 Å². The van der Waals surface area contributed by atoms with E-state index >= 15 is 0 Å². The normalized spacial score (nSPS) is 29.8. The zero-order valence-corrected chi connectivity index (χ0v) is 16.5. The number of carbonyl (C=O) groups is 4. The van der Waals surface area contributed by atoms with Crippen molar-refractivity contribution >= 4 is 35.6 Å². The highest BCUT2D eigenvalue weighted by Gasteiger charge is 2.54. The largest absolute Gasteiger partial charge is 0.463 e. The summed E-state index contributed by atoms with van der Waals surface area (Å²) >= 11 is 1.25. The Morgan fingerprint density at radius 1 is 1.30 bits per heavy atom. The van der Waals surface area contributed by atoms with Crippen LogP contribution in [0.2, 0.25) is 0 Å². The van der Waals surface area contributed by atoms with Crippen molar-refractivity contribution in [3.63, 3.8) is 0 Å². The summed E-state index contributed by atoms with van der Waals surface area (Å²) in [6.07, 6.45) is 4.83. The third kappa shape index (κ3) is 3.69. The van der Waals surface area contributed by atoms with Crippen LogP contribution in [0.5, 0.6) is 0 Å². The molecule has 9 heteroatoms. The molecule has 1 N–H and O–H groups in total. The Morgan fingerprint density at radius 2 is 2.04 bits per heavy atom. The molecule has 148 valence electrons. The van der Waals surface area contributed by atoms with Crippen LogP contribution in [0.15, 0.2) is 11.1 Å². The summed E-state index contributed by atoms with van der Waals surface area (Å²) in [6, 6.07) is -0.399. The predicted molar refractivity (Wildman–Crippen MR) is 99.5 cm³/mol. The van der Waals surface area contributed by atoms with Crippen LogP contribution in [-0.2, 0) is 19.1 Å². The first-order valence-corrected chi connectivity index (χ1v) is 10.3. The summed E-state index contributed by atoms with van der Waals surface area (Å²) in [5.74, 6) is -0.536. The van der Waals surface area contributed by atoms with Crippen LogP contribution < -0.4 is 5.32 Å². The van der Waals surface area contributed by atoms with Crippen LogP contribution in [0.3, 0.4) is 0 Å². The molecule has 8 nitrogen and oxygen atoms in total. The van der Waals surface area contributed by atoms with Gasteiger partial charge >= 0.3 is 12.0 Å². The lowest BCUT2D eigenvalue weighted by Gasteiger charge is -2.36. The molecule has 0 aromatic heterocycles. The molecule has 27 heavy (non-hydrogen) atoms. The molecule has 4 amide bonds. The molecule has 3 aliphatic rings. The number of imide groups is 1. The fourth-order valence-corrected chi connectivity index (χ4v) is 4.91. The molecule has 0 radical (unpaired) electrons. The van der Waals surface area contributed by atoms with Gasteiger partial charge in [0, 0.05) is 13.1 Å². The summed E-state index contributed by atoms with van der Waals surface area (Å²) in [4.78, 5) is 51.9. The molecule has 1 spiro atoms. The molecule has 2 heterocycles. The van der Waals surface area contributed by atoms with Gasteiger partial charge in [-0.3, -0.25) is 14.5 Å². The third-order valence-electron chi connectivity index (χ3n) is 5.49. The highest BCUT2D eigenvalue weighted by molar-refractivity contribution is 8.04. The number of thioether (sulfide) groups is 1. The molecule has 0 unspecified atom stereocenters.